The molecule has 1 aromatic carbocycles. The van der Waals surface area contributed by atoms with Gasteiger partial charge in [-0.25, -0.2) is 0 Å². The molecule has 2 rings (SSSR count). The number of hydrogen-bond donors (Lipinski definition) is 2. The van der Waals surface area contributed by atoms with Crippen LogP contribution in [0.2, 0.25) is 0 Å². The van der Waals surface area contributed by atoms with Gasteiger partial charge in [0.1, 0.15) is 5.75 Å². The molecule has 1 atom stereocenters. The molecule has 2 aromatic rings. The summed E-state index contributed by atoms with van der Waals surface area (Å²) < 4.78 is 42.1. The lowest BCUT2D eigenvalue weighted by Gasteiger charge is -2.16. The molecular formula is C17H18F3N3O2. The Balaban J connectivity index is 2.30. The Hall–Kier alpha value is -2.61. The zero-order valence-corrected chi connectivity index (χ0v) is 13.5. The topological polar surface area (TPSA) is 77.2 Å². The van der Waals surface area contributed by atoms with Gasteiger partial charge in [-0.15, -0.1) is 0 Å². The highest BCUT2D eigenvalue weighted by Crippen LogP contribution is 2.32. The van der Waals surface area contributed by atoms with E-state index >= 15 is 0 Å². The molecule has 134 valence electrons. The molecule has 0 aliphatic rings. The van der Waals surface area contributed by atoms with E-state index in [9.17, 15) is 18.0 Å². The van der Waals surface area contributed by atoms with Crippen molar-refractivity contribution in [1.29, 1.82) is 0 Å². The van der Waals surface area contributed by atoms with Gasteiger partial charge in [0.15, 0.2) is 6.61 Å². The highest BCUT2D eigenvalue weighted by Gasteiger charge is 2.29. The summed E-state index contributed by atoms with van der Waals surface area (Å²) in [6.07, 6.45) is -1.25. The van der Waals surface area contributed by atoms with Gasteiger partial charge in [-0.05, 0) is 42.3 Å². The first-order valence-electron chi connectivity index (χ1n) is 7.54. The number of aromatic nitrogens is 1. The molecule has 1 unspecified atom stereocenters. The van der Waals surface area contributed by atoms with Crippen LogP contribution in [0.4, 0.5) is 18.9 Å². The summed E-state index contributed by atoms with van der Waals surface area (Å²) in [6, 6.07) is 7.69. The number of carbonyl (C=O) groups is 1. The lowest BCUT2D eigenvalue weighted by molar-refractivity contribution is -0.153. The number of benzene rings is 1. The Morgan fingerprint density at radius 1 is 1.24 bits per heavy atom. The van der Waals surface area contributed by atoms with Crippen molar-refractivity contribution >= 4 is 11.6 Å². The van der Waals surface area contributed by atoms with E-state index in [1.165, 1.54) is 6.07 Å². The normalized spacial score (nSPS) is 12.5. The van der Waals surface area contributed by atoms with Gasteiger partial charge in [-0.3, -0.25) is 9.78 Å². The molecule has 8 heteroatoms. The monoisotopic (exact) mass is 353 g/mol. The van der Waals surface area contributed by atoms with Gasteiger partial charge >= 0.3 is 6.18 Å². The van der Waals surface area contributed by atoms with Crippen molar-refractivity contribution in [2.45, 2.75) is 25.6 Å². The molecule has 0 radical (unpaired) electrons. The lowest BCUT2D eigenvalue weighted by atomic mass is 10.1. The number of hydrogen-bond acceptors (Lipinski definition) is 4. The van der Waals surface area contributed by atoms with E-state index in [0.29, 0.717) is 5.56 Å². The van der Waals surface area contributed by atoms with Crippen molar-refractivity contribution in [1.82, 2.24) is 4.98 Å². The molecule has 25 heavy (non-hydrogen) atoms. The summed E-state index contributed by atoms with van der Waals surface area (Å²) in [5, 5.41) is 2.56. The van der Waals surface area contributed by atoms with Gasteiger partial charge in [0, 0.05) is 24.9 Å². The van der Waals surface area contributed by atoms with Crippen LogP contribution in [0.15, 0.2) is 42.7 Å². The number of halogens is 3. The SMILES string of the molecule is CC(N)CC(=O)Nc1cc(-c2ccncc2)ccc1OCC(F)(F)F. The molecule has 0 aliphatic carbocycles. The second-order valence-electron chi connectivity index (χ2n) is 5.58. The Labute approximate surface area is 143 Å². The fourth-order valence-electron chi connectivity index (χ4n) is 2.13. The number of anilines is 1. The summed E-state index contributed by atoms with van der Waals surface area (Å²) in [4.78, 5) is 15.9. The van der Waals surface area contributed by atoms with Crippen molar-refractivity contribution in [3.05, 3.63) is 42.7 Å². The number of nitrogens with zero attached hydrogens (tertiary/aromatic N) is 1. The van der Waals surface area contributed by atoms with Crippen LogP contribution < -0.4 is 15.8 Å². The van der Waals surface area contributed by atoms with E-state index < -0.39 is 18.7 Å². The molecule has 1 heterocycles. The maximum absolute atomic E-state index is 12.4. The molecule has 3 N–H and O–H groups in total. The van der Waals surface area contributed by atoms with Crippen LogP contribution in [0.3, 0.4) is 0 Å². The first-order chi connectivity index (χ1) is 11.7. The van der Waals surface area contributed by atoms with Crippen LogP contribution in [0.5, 0.6) is 5.75 Å². The Morgan fingerprint density at radius 2 is 1.92 bits per heavy atom. The Morgan fingerprint density at radius 3 is 2.52 bits per heavy atom. The van der Waals surface area contributed by atoms with Crippen molar-refractivity contribution < 1.29 is 22.7 Å². The van der Waals surface area contributed by atoms with E-state index in [1.807, 2.05) is 0 Å². The van der Waals surface area contributed by atoms with Crippen molar-refractivity contribution in [2.75, 3.05) is 11.9 Å². The van der Waals surface area contributed by atoms with Crippen molar-refractivity contribution in [3.8, 4) is 16.9 Å². The average Bonchev–Trinajstić information content (AvgIpc) is 2.53. The van der Waals surface area contributed by atoms with Crippen LogP contribution in [0.1, 0.15) is 13.3 Å². The zero-order valence-electron chi connectivity index (χ0n) is 13.5. The minimum absolute atomic E-state index is 0.0399. The molecule has 0 bridgehead atoms. The minimum atomic E-state index is -4.48. The minimum Gasteiger partial charge on any atom is -0.482 e. The highest BCUT2D eigenvalue weighted by atomic mass is 19.4. The third-order valence-corrected chi connectivity index (χ3v) is 3.17. The number of ether oxygens (including phenoxy) is 1. The predicted molar refractivity (Wildman–Crippen MR) is 88.1 cm³/mol. The highest BCUT2D eigenvalue weighted by molar-refractivity contribution is 5.93. The second kappa shape index (κ2) is 7.98. The third kappa shape index (κ3) is 6.07. The van der Waals surface area contributed by atoms with E-state index in [1.54, 1.807) is 43.6 Å². The molecule has 1 aromatic heterocycles. The maximum atomic E-state index is 12.4. The number of amides is 1. The van der Waals surface area contributed by atoms with Crippen LogP contribution in [-0.2, 0) is 4.79 Å². The average molecular weight is 353 g/mol. The van der Waals surface area contributed by atoms with E-state index in [4.69, 9.17) is 10.5 Å². The number of nitrogens with one attached hydrogen (secondary N) is 1. The summed E-state index contributed by atoms with van der Waals surface area (Å²) >= 11 is 0. The number of rotatable bonds is 6. The van der Waals surface area contributed by atoms with E-state index in [0.717, 1.165) is 5.56 Å². The van der Waals surface area contributed by atoms with Crippen molar-refractivity contribution in [2.24, 2.45) is 5.73 Å². The van der Waals surface area contributed by atoms with Gasteiger partial charge in [-0.1, -0.05) is 6.07 Å². The largest absolute Gasteiger partial charge is 0.482 e. The second-order valence-corrected chi connectivity index (χ2v) is 5.58. The number of nitrogens with two attached hydrogens (primary N) is 1. The first-order valence-corrected chi connectivity index (χ1v) is 7.54. The first kappa shape index (κ1) is 18.7. The summed E-state index contributed by atoms with van der Waals surface area (Å²) in [7, 11) is 0. The van der Waals surface area contributed by atoms with Gasteiger partial charge in [0.2, 0.25) is 5.91 Å². The van der Waals surface area contributed by atoms with E-state index in [-0.39, 0.29) is 23.9 Å². The van der Waals surface area contributed by atoms with E-state index in [2.05, 4.69) is 10.3 Å². The van der Waals surface area contributed by atoms with Crippen LogP contribution in [-0.4, -0.2) is 29.7 Å². The molecule has 1 amide bonds. The van der Waals surface area contributed by atoms with Gasteiger partial charge in [-0.2, -0.15) is 13.2 Å². The molecule has 0 spiro atoms. The van der Waals surface area contributed by atoms with Gasteiger partial charge in [0.05, 0.1) is 5.69 Å². The number of pyridine rings is 1. The van der Waals surface area contributed by atoms with Crippen LogP contribution >= 0.6 is 0 Å². The Bertz CT molecular complexity index is 719. The fraction of sp³-hybridized carbons (Fsp3) is 0.294. The third-order valence-electron chi connectivity index (χ3n) is 3.17. The van der Waals surface area contributed by atoms with Crippen molar-refractivity contribution in [3.63, 3.8) is 0 Å². The summed E-state index contributed by atoms with van der Waals surface area (Å²) in [5.74, 6) is -0.466. The zero-order chi connectivity index (χ0) is 18.4. The van der Waals surface area contributed by atoms with Crippen LogP contribution in [0, 0.1) is 0 Å². The predicted octanol–water partition coefficient (Wildman–Crippen LogP) is 3.37. The quantitative estimate of drug-likeness (QED) is 0.835. The Kier molecular flexibility index (Phi) is 5.97. The molecule has 0 aliphatic heterocycles. The molecule has 0 saturated carbocycles. The smallest absolute Gasteiger partial charge is 0.422 e. The molecule has 0 fully saturated rings. The fourth-order valence-corrected chi connectivity index (χ4v) is 2.13. The van der Waals surface area contributed by atoms with Gasteiger partial charge in [0.25, 0.3) is 0 Å². The number of carbonyl (C=O) groups excluding carboxylic acids is 1. The summed E-state index contributed by atoms with van der Waals surface area (Å²) in [6.45, 7) is 0.214. The molecular weight excluding hydrogens is 335 g/mol. The number of alkyl halides is 3. The maximum Gasteiger partial charge on any atom is 0.422 e. The lowest BCUT2D eigenvalue weighted by Crippen LogP contribution is -2.24. The molecule has 5 nitrogen and oxygen atoms in total. The summed E-state index contributed by atoms with van der Waals surface area (Å²) in [5.41, 5.74) is 7.24. The van der Waals surface area contributed by atoms with Crippen LogP contribution in [0.25, 0.3) is 11.1 Å². The standard InChI is InChI=1S/C17H18F3N3O2/c1-11(21)8-16(24)23-14-9-13(12-4-6-22-7-5-12)2-3-15(14)25-10-17(18,19)20/h2-7,9,11H,8,10,21H2,1H3,(H,23,24). The molecule has 0 saturated heterocycles. The van der Waals surface area contributed by atoms with Gasteiger partial charge < -0.3 is 15.8 Å².